The number of benzene rings is 2. The van der Waals surface area contributed by atoms with Crippen LogP contribution in [0.15, 0.2) is 59.5 Å². The lowest BCUT2D eigenvalue weighted by Gasteiger charge is -2.18. The maximum Gasteiger partial charge on any atom is 0.231 e. The fourth-order valence-electron chi connectivity index (χ4n) is 3.84. The molecule has 3 aromatic rings. The van der Waals surface area contributed by atoms with E-state index in [2.05, 4.69) is 18.8 Å². The van der Waals surface area contributed by atoms with Crippen molar-refractivity contribution >= 4 is 22.1 Å². The van der Waals surface area contributed by atoms with Gasteiger partial charge in [-0.15, -0.1) is 0 Å². The van der Waals surface area contributed by atoms with Gasteiger partial charge in [-0.05, 0) is 49.6 Å². The summed E-state index contributed by atoms with van der Waals surface area (Å²) in [5.41, 5.74) is 2.13. The standard InChI is InChI=1S/C18H28O3S.C9H7NO/c1-3-4-5-6-7-8-11-22(19)15(2)12-16-9-10-17-18(13-16)21-14-20-17;11-9-5-6-10-8-4-2-1-3-7(8)9/h9-10,13,15H,3-8,11-12,14H2,1-2H3;1-6H,(H,10,11). The van der Waals surface area contributed by atoms with Crippen LogP contribution in [0.5, 0.6) is 11.5 Å². The molecule has 2 heterocycles. The van der Waals surface area contributed by atoms with Gasteiger partial charge in [0.2, 0.25) is 6.79 Å². The Balaban J connectivity index is 0.000000231. The lowest BCUT2D eigenvalue weighted by molar-refractivity contribution is 0.174. The Morgan fingerprint density at radius 3 is 2.58 bits per heavy atom. The summed E-state index contributed by atoms with van der Waals surface area (Å²) in [6, 6.07) is 15.0. The van der Waals surface area contributed by atoms with Gasteiger partial charge < -0.3 is 19.0 Å². The molecule has 2 unspecified atom stereocenters. The highest BCUT2D eigenvalue weighted by Gasteiger charge is 2.19. The first-order valence-corrected chi connectivity index (χ1v) is 13.3. The van der Waals surface area contributed by atoms with Crippen LogP contribution in [0, 0.1) is 0 Å². The van der Waals surface area contributed by atoms with Gasteiger partial charge in [0.15, 0.2) is 16.9 Å². The van der Waals surface area contributed by atoms with Crippen molar-refractivity contribution in [2.45, 2.75) is 64.0 Å². The minimum atomic E-state index is -0.743. The number of aromatic amines is 1. The summed E-state index contributed by atoms with van der Waals surface area (Å²) >= 11 is -0.743. The quantitative estimate of drug-likeness (QED) is 0.293. The van der Waals surface area contributed by atoms with Gasteiger partial charge in [0.1, 0.15) is 11.0 Å². The van der Waals surface area contributed by atoms with Crippen LogP contribution in [0.3, 0.4) is 0 Å². The van der Waals surface area contributed by atoms with Crippen molar-refractivity contribution in [3.63, 3.8) is 0 Å². The van der Waals surface area contributed by atoms with E-state index in [1.165, 1.54) is 43.7 Å². The predicted octanol–water partition coefficient (Wildman–Crippen LogP) is 5.98. The molecule has 2 aromatic carbocycles. The van der Waals surface area contributed by atoms with Crippen LogP contribution in [0.4, 0.5) is 0 Å². The molecule has 33 heavy (non-hydrogen) atoms. The molecule has 0 amide bonds. The predicted molar refractivity (Wildman–Crippen MR) is 137 cm³/mol. The first kappa shape index (κ1) is 25.2. The summed E-state index contributed by atoms with van der Waals surface area (Å²) in [5.74, 6) is 2.45. The summed E-state index contributed by atoms with van der Waals surface area (Å²) in [4.78, 5) is 14.2. The monoisotopic (exact) mass is 469 g/mol. The topological polar surface area (TPSA) is 74.4 Å². The van der Waals surface area contributed by atoms with E-state index in [9.17, 15) is 9.35 Å². The molecule has 1 aliphatic rings. The summed E-state index contributed by atoms with van der Waals surface area (Å²) in [6.07, 6.45) is 9.98. The Labute approximate surface area is 199 Å². The Bertz CT molecular complexity index is 1050. The third-order valence-electron chi connectivity index (χ3n) is 5.77. The van der Waals surface area contributed by atoms with Gasteiger partial charge in [-0.3, -0.25) is 4.79 Å². The van der Waals surface area contributed by atoms with Crippen molar-refractivity contribution in [2.24, 2.45) is 0 Å². The van der Waals surface area contributed by atoms with E-state index in [1.807, 2.05) is 42.5 Å². The number of hydrogen-bond acceptors (Lipinski definition) is 4. The van der Waals surface area contributed by atoms with Gasteiger partial charge in [-0.25, -0.2) is 0 Å². The number of para-hydroxylation sites is 1. The number of H-pyrrole nitrogens is 1. The van der Waals surface area contributed by atoms with Crippen LogP contribution in [-0.4, -0.2) is 27.3 Å². The lowest BCUT2D eigenvalue weighted by Crippen LogP contribution is -2.23. The van der Waals surface area contributed by atoms with Gasteiger partial charge in [-0.2, -0.15) is 0 Å². The molecule has 5 nitrogen and oxygen atoms in total. The van der Waals surface area contributed by atoms with Crippen molar-refractivity contribution in [1.82, 2.24) is 4.98 Å². The highest BCUT2D eigenvalue weighted by molar-refractivity contribution is 7.91. The Kier molecular flexibility index (Phi) is 10.2. The number of hydrogen-bond donors (Lipinski definition) is 1. The number of pyridine rings is 1. The number of rotatable bonds is 10. The molecule has 0 fully saturated rings. The average molecular weight is 470 g/mol. The highest BCUT2D eigenvalue weighted by atomic mass is 32.2. The summed E-state index contributed by atoms with van der Waals surface area (Å²) in [5, 5.41) is 0.936. The number of ether oxygens (including phenoxy) is 2. The van der Waals surface area contributed by atoms with Crippen LogP contribution in [0.2, 0.25) is 0 Å². The number of fused-ring (bicyclic) bond motifs is 2. The summed E-state index contributed by atoms with van der Waals surface area (Å²) in [7, 11) is 0. The maximum atomic E-state index is 12.3. The molecule has 1 N–H and O–H groups in total. The first-order chi connectivity index (χ1) is 16.1. The lowest BCUT2D eigenvalue weighted by atomic mass is 10.1. The largest absolute Gasteiger partial charge is 0.616 e. The smallest absolute Gasteiger partial charge is 0.231 e. The molecular weight excluding hydrogens is 434 g/mol. The molecule has 4 rings (SSSR count). The van der Waals surface area contributed by atoms with E-state index in [-0.39, 0.29) is 10.7 Å². The maximum absolute atomic E-state index is 12.3. The van der Waals surface area contributed by atoms with E-state index >= 15 is 0 Å². The van der Waals surface area contributed by atoms with E-state index < -0.39 is 11.2 Å². The van der Waals surface area contributed by atoms with Crippen LogP contribution < -0.4 is 14.9 Å². The molecule has 178 valence electrons. The Morgan fingerprint density at radius 1 is 1.00 bits per heavy atom. The van der Waals surface area contributed by atoms with Gasteiger partial charge in [-0.1, -0.05) is 62.0 Å². The van der Waals surface area contributed by atoms with Gasteiger partial charge in [0.05, 0.1) is 0 Å². The van der Waals surface area contributed by atoms with Gasteiger partial charge in [0, 0.05) is 29.6 Å². The van der Waals surface area contributed by atoms with E-state index in [1.54, 1.807) is 6.20 Å². The molecule has 1 aromatic heterocycles. The highest BCUT2D eigenvalue weighted by Crippen LogP contribution is 2.33. The SMILES string of the molecule is CCCCCCCC[S+]([O-])C(C)Cc1ccc2c(c1)OCO2.O=c1cc[nH]c2ccccc12. The Hall–Kier alpha value is -2.44. The van der Waals surface area contributed by atoms with Crippen LogP contribution in [0.1, 0.15) is 57.9 Å². The third kappa shape index (κ3) is 7.83. The van der Waals surface area contributed by atoms with Crippen LogP contribution in [0.25, 0.3) is 10.9 Å². The summed E-state index contributed by atoms with van der Waals surface area (Å²) < 4.78 is 23.0. The molecule has 0 spiro atoms. The van der Waals surface area contributed by atoms with Crippen LogP contribution in [-0.2, 0) is 17.6 Å². The third-order valence-corrected chi connectivity index (χ3v) is 7.53. The van der Waals surface area contributed by atoms with Gasteiger partial charge in [0.25, 0.3) is 0 Å². The Morgan fingerprint density at radius 2 is 1.76 bits per heavy atom. The second-order valence-corrected chi connectivity index (χ2v) is 10.4. The zero-order valence-corrected chi connectivity index (χ0v) is 20.5. The zero-order chi connectivity index (χ0) is 23.5. The second kappa shape index (κ2) is 13.3. The molecule has 1 aliphatic heterocycles. The zero-order valence-electron chi connectivity index (χ0n) is 19.7. The fraction of sp³-hybridized carbons (Fsp3) is 0.444. The number of aromatic nitrogens is 1. The van der Waals surface area contributed by atoms with E-state index in [0.29, 0.717) is 6.79 Å². The number of nitrogens with one attached hydrogen (secondary N) is 1. The molecule has 6 heteroatoms. The van der Waals surface area contributed by atoms with Crippen molar-refractivity contribution < 1.29 is 14.0 Å². The van der Waals surface area contributed by atoms with Crippen molar-refractivity contribution in [3.8, 4) is 11.5 Å². The molecular formula is C27H35NO4S. The molecule has 0 saturated carbocycles. The number of unbranched alkanes of at least 4 members (excludes halogenated alkanes) is 5. The van der Waals surface area contributed by atoms with E-state index in [0.717, 1.165) is 41.0 Å². The summed E-state index contributed by atoms with van der Waals surface area (Å²) in [6.45, 7) is 4.61. The minimum absolute atomic E-state index is 0.0688. The average Bonchev–Trinajstić information content (AvgIpc) is 3.30. The molecule has 0 radical (unpaired) electrons. The second-order valence-electron chi connectivity index (χ2n) is 8.44. The molecule has 2 atom stereocenters. The molecule has 0 saturated heterocycles. The van der Waals surface area contributed by atoms with Crippen LogP contribution >= 0.6 is 0 Å². The fourth-order valence-corrected chi connectivity index (χ4v) is 5.11. The molecule has 0 bridgehead atoms. The van der Waals surface area contributed by atoms with Crippen molar-refractivity contribution in [3.05, 3.63) is 70.5 Å². The van der Waals surface area contributed by atoms with E-state index in [4.69, 9.17) is 9.47 Å². The van der Waals surface area contributed by atoms with Crippen molar-refractivity contribution in [1.29, 1.82) is 0 Å². The van der Waals surface area contributed by atoms with Crippen molar-refractivity contribution in [2.75, 3.05) is 12.5 Å². The molecule has 0 aliphatic carbocycles. The minimum Gasteiger partial charge on any atom is -0.616 e. The normalized spacial score (nSPS) is 13.9. The van der Waals surface area contributed by atoms with Gasteiger partial charge >= 0.3 is 0 Å². The first-order valence-electron chi connectivity index (χ1n) is 11.9.